The highest BCUT2D eigenvalue weighted by Gasteiger charge is 2.30. The van der Waals surface area contributed by atoms with E-state index < -0.39 is 0 Å². The molecule has 0 aromatic rings. The van der Waals surface area contributed by atoms with E-state index in [9.17, 15) is 9.59 Å². The number of hydrogen-bond acceptors (Lipinski definition) is 2. The first kappa shape index (κ1) is 13.8. The number of hydrogen-bond donors (Lipinski definition) is 2. The van der Waals surface area contributed by atoms with Crippen LogP contribution in [-0.2, 0) is 9.59 Å². The molecule has 112 valence electrons. The molecule has 6 nitrogen and oxygen atoms in total. The lowest BCUT2D eigenvalue weighted by Crippen LogP contribution is -3.29. The third-order valence-electron chi connectivity index (χ3n) is 4.84. The zero-order valence-corrected chi connectivity index (χ0v) is 12.2. The summed E-state index contributed by atoms with van der Waals surface area (Å²) in [4.78, 5) is 30.4. The monoisotopic (exact) mass is 282 g/mol. The molecule has 3 rings (SSSR count). The largest absolute Gasteiger partial charge is 0.308 e. The first-order valence-electron chi connectivity index (χ1n) is 7.95. The van der Waals surface area contributed by atoms with Gasteiger partial charge in [-0.1, -0.05) is 0 Å². The summed E-state index contributed by atoms with van der Waals surface area (Å²) < 4.78 is 0. The average Bonchev–Trinajstić information content (AvgIpc) is 3.02. The Bertz CT molecular complexity index is 343. The van der Waals surface area contributed by atoms with Crippen molar-refractivity contribution in [1.29, 1.82) is 0 Å². The summed E-state index contributed by atoms with van der Waals surface area (Å²) in [5.74, 6) is 0.657. The van der Waals surface area contributed by atoms with Crippen molar-refractivity contribution in [3.63, 3.8) is 0 Å². The molecule has 2 amide bonds. The Kier molecular flexibility index (Phi) is 4.21. The maximum absolute atomic E-state index is 11.6. The van der Waals surface area contributed by atoms with Gasteiger partial charge in [0.15, 0.2) is 13.3 Å². The van der Waals surface area contributed by atoms with E-state index in [1.54, 1.807) is 0 Å². The highest BCUT2D eigenvalue weighted by molar-refractivity contribution is 5.78. The molecule has 0 atom stereocenters. The van der Waals surface area contributed by atoms with Crippen LogP contribution in [0.15, 0.2) is 0 Å². The van der Waals surface area contributed by atoms with Crippen molar-refractivity contribution in [3.05, 3.63) is 0 Å². The molecule has 2 N–H and O–H groups in total. The highest BCUT2D eigenvalue weighted by Crippen LogP contribution is 2.07. The van der Waals surface area contributed by atoms with Crippen molar-refractivity contribution in [1.82, 2.24) is 9.80 Å². The normalized spacial score (nSPS) is 31.4. The van der Waals surface area contributed by atoms with Crippen LogP contribution >= 0.6 is 0 Å². The van der Waals surface area contributed by atoms with Crippen LogP contribution in [-0.4, -0.2) is 74.2 Å². The van der Waals surface area contributed by atoms with Crippen LogP contribution in [0, 0.1) is 0 Å². The van der Waals surface area contributed by atoms with Gasteiger partial charge >= 0.3 is 0 Å². The number of quaternary nitrogens is 2. The molecule has 0 spiro atoms. The lowest BCUT2D eigenvalue weighted by atomic mass is 10.3. The van der Waals surface area contributed by atoms with E-state index in [0.717, 1.165) is 78.3 Å². The van der Waals surface area contributed by atoms with Gasteiger partial charge in [-0.2, -0.15) is 0 Å². The fraction of sp³-hybridized carbons (Fsp3) is 0.857. The molecular weight excluding hydrogens is 256 g/mol. The molecule has 20 heavy (non-hydrogen) atoms. The molecular formula is C14H26N4O2+2. The SMILES string of the molecule is O=C1CCCN1C[NH+]1CC[NH+](CN2CCCC2=O)CC1. The third-order valence-corrected chi connectivity index (χ3v) is 4.84. The smallest absolute Gasteiger partial charge is 0.226 e. The van der Waals surface area contributed by atoms with Gasteiger partial charge in [-0.15, -0.1) is 0 Å². The third kappa shape index (κ3) is 3.12. The maximum Gasteiger partial charge on any atom is 0.226 e. The molecule has 3 heterocycles. The Balaban J connectivity index is 1.40. The standard InChI is InChI=1S/C14H24N4O2/c19-13-3-1-5-17(13)11-15-7-9-16(10-8-15)12-18-6-2-4-14(18)20/h1-12H2/p+2. The zero-order chi connectivity index (χ0) is 13.9. The molecule has 3 saturated heterocycles. The maximum atomic E-state index is 11.6. The number of nitrogens with one attached hydrogen (secondary N) is 2. The van der Waals surface area contributed by atoms with Crippen LogP contribution in [0.25, 0.3) is 0 Å². The fourth-order valence-corrected chi connectivity index (χ4v) is 3.56. The van der Waals surface area contributed by atoms with Crippen molar-refractivity contribution in [3.8, 4) is 0 Å². The predicted molar refractivity (Wildman–Crippen MR) is 73.0 cm³/mol. The summed E-state index contributed by atoms with van der Waals surface area (Å²) in [6.07, 6.45) is 3.53. The van der Waals surface area contributed by atoms with E-state index >= 15 is 0 Å². The minimum absolute atomic E-state index is 0.329. The van der Waals surface area contributed by atoms with E-state index in [4.69, 9.17) is 0 Å². The van der Waals surface area contributed by atoms with E-state index in [1.807, 2.05) is 9.80 Å². The predicted octanol–water partition coefficient (Wildman–Crippen LogP) is -3.07. The summed E-state index contributed by atoms with van der Waals surface area (Å²) in [6.45, 7) is 8.11. The molecule has 0 saturated carbocycles. The number of rotatable bonds is 4. The second kappa shape index (κ2) is 6.10. The minimum Gasteiger partial charge on any atom is -0.308 e. The Morgan fingerprint density at radius 3 is 1.45 bits per heavy atom. The van der Waals surface area contributed by atoms with Crippen molar-refractivity contribution < 1.29 is 19.4 Å². The van der Waals surface area contributed by atoms with E-state index in [0.29, 0.717) is 11.8 Å². The molecule has 0 bridgehead atoms. The van der Waals surface area contributed by atoms with E-state index in [2.05, 4.69) is 0 Å². The summed E-state index contributed by atoms with van der Waals surface area (Å²) in [5, 5.41) is 0. The molecule has 0 aliphatic carbocycles. The van der Waals surface area contributed by atoms with Gasteiger partial charge in [0.2, 0.25) is 11.8 Å². The Morgan fingerprint density at radius 1 is 0.750 bits per heavy atom. The first-order chi connectivity index (χ1) is 9.72. The zero-order valence-electron chi connectivity index (χ0n) is 12.2. The molecule has 3 fully saturated rings. The molecule has 0 radical (unpaired) electrons. The summed E-state index contributed by atoms with van der Waals surface area (Å²) in [6, 6.07) is 0. The summed E-state index contributed by atoms with van der Waals surface area (Å²) >= 11 is 0. The van der Waals surface area contributed by atoms with Gasteiger partial charge < -0.3 is 9.80 Å². The number of carbonyl (C=O) groups is 2. The Labute approximate surface area is 120 Å². The van der Waals surface area contributed by atoms with E-state index in [-0.39, 0.29) is 0 Å². The molecule has 6 heteroatoms. The van der Waals surface area contributed by atoms with E-state index in [1.165, 1.54) is 9.80 Å². The lowest BCUT2D eigenvalue weighted by molar-refractivity contribution is -1.02. The van der Waals surface area contributed by atoms with Crippen molar-refractivity contribution in [2.24, 2.45) is 0 Å². The van der Waals surface area contributed by atoms with Gasteiger partial charge in [0.25, 0.3) is 0 Å². The van der Waals surface area contributed by atoms with Crippen LogP contribution in [0.2, 0.25) is 0 Å². The number of nitrogens with zero attached hydrogens (tertiary/aromatic N) is 2. The fourth-order valence-electron chi connectivity index (χ4n) is 3.56. The van der Waals surface area contributed by atoms with Crippen LogP contribution < -0.4 is 9.80 Å². The van der Waals surface area contributed by atoms with Gasteiger partial charge in [0.05, 0.1) is 0 Å². The van der Waals surface area contributed by atoms with Crippen molar-refractivity contribution >= 4 is 11.8 Å². The van der Waals surface area contributed by atoms with Crippen LogP contribution in [0.3, 0.4) is 0 Å². The molecule has 3 aliphatic rings. The first-order valence-corrected chi connectivity index (χ1v) is 7.95. The number of likely N-dealkylation sites (tertiary alicyclic amines) is 2. The van der Waals surface area contributed by atoms with Crippen LogP contribution in [0.1, 0.15) is 25.7 Å². The number of amides is 2. The number of piperazine rings is 1. The Morgan fingerprint density at radius 2 is 1.15 bits per heavy atom. The summed E-state index contributed by atoms with van der Waals surface area (Å²) in [5.41, 5.74) is 0. The topological polar surface area (TPSA) is 49.5 Å². The second-order valence-corrected chi connectivity index (χ2v) is 6.34. The molecule has 3 aliphatic heterocycles. The molecule has 0 aromatic carbocycles. The molecule has 0 unspecified atom stereocenters. The van der Waals surface area contributed by atoms with Crippen LogP contribution in [0.5, 0.6) is 0 Å². The van der Waals surface area contributed by atoms with Gasteiger partial charge in [0.1, 0.15) is 26.2 Å². The van der Waals surface area contributed by atoms with Gasteiger partial charge in [0, 0.05) is 25.9 Å². The average molecular weight is 282 g/mol. The quantitative estimate of drug-likeness (QED) is 0.575. The van der Waals surface area contributed by atoms with Gasteiger partial charge in [-0.3, -0.25) is 19.4 Å². The summed E-state index contributed by atoms with van der Waals surface area (Å²) in [7, 11) is 0. The Hall–Kier alpha value is -1.14. The van der Waals surface area contributed by atoms with Gasteiger partial charge in [-0.25, -0.2) is 0 Å². The lowest BCUT2D eigenvalue weighted by Gasteiger charge is -2.33. The molecule has 0 aromatic heterocycles. The second-order valence-electron chi connectivity index (χ2n) is 6.34. The van der Waals surface area contributed by atoms with Crippen molar-refractivity contribution in [2.75, 3.05) is 52.6 Å². The minimum atomic E-state index is 0.329. The van der Waals surface area contributed by atoms with Gasteiger partial charge in [-0.05, 0) is 12.8 Å². The van der Waals surface area contributed by atoms with Crippen molar-refractivity contribution in [2.45, 2.75) is 25.7 Å². The van der Waals surface area contributed by atoms with Crippen LogP contribution in [0.4, 0.5) is 0 Å². The highest BCUT2D eigenvalue weighted by atomic mass is 16.2. The number of carbonyl (C=O) groups excluding carboxylic acids is 2.